The number of hydroxylamine groups is 1. The molecule has 0 radical (unpaired) electrons. The molecule has 0 saturated carbocycles. The van der Waals surface area contributed by atoms with E-state index in [2.05, 4.69) is 0 Å². The van der Waals surface area contributed by atoms with Crippen molar-refractivity contribution >= 4 is 17.5 Å². The van der Waals surface area contributed by atoms with Gasteiger partial charge in [-0.2, -0.15) is 0 Å². The second kappa shape index (κ2) is 8.26. The van der Waals surface area contributed by atoms with Crippen LogP contribution in [0.25, 0.3) is 0 Å². The van der Waals surface area contributed by atoms with E-state index in [0.717, 1.165) is 16.9 Å². The number of benzene rings is 3. The average molecular weight is 404 g/mol. The van der Waals surface area contributed by atoms with Gasteiger partial charge in [0.2, 0.25) is 6.10 Å². The van der Waals surface area contributed by atoms with Gasteiger partial charge in [-0.1, -0.05) is 42.5 Å². The van der Waals surface area contributed by atoms with Crippen molar-refractivity contribution in [1.29, 1.82) is 0 Å². The number of hydrogen-bond acceptors (Lipinski definition) is 5. The van der Waals surface area contributed by atoms with Gasteiger partial charge in [0.15, 0.2) is 0 Å². The number of nitrogens with zero attached hydrogens (tertiary/aromatic N) is 1. The first-order valence-electron chi connectivity index (χ1n) is 9.35. The minimum Gasteiger partial charge on any atom is -0.497 e. The Balaban J connectivity index is 1.75. The number of anilines is 1. The summed E-state index contributed by atoms with van der Waals surface area (Å²) in [5.74, 6) is 0.286. The predicted octanol–water partition coefficient (Wildman–Crippen LogP) is 3.48. The van der Waals surface area contributed by atoms with Crippen molar-refractivity contribution < 1.29 is 24.3 Å². The molecule has 0 fully saturated rings. The van der Waals surface area contributed by atoms with E-state index in [1.54, 1.807) is 23.6 Å². The van der Waals surface area contributed by atoms with Crippen LogP contribution in [0.1, 0.15) is 27.6 Å². The maximum atomic E-state index is 13.4. The summed E-state index contributed by atoms with van der Waals surface area (Å²) in [6.45, 7) is 0.284. The van der Waals surface area contributed by atoms with E-state index in [1.807, 2.05) is 54.6 Å². The molecular formula is C23H20N2O5. The lowest BCUT2D eigenvalue weighted by Crippen LogP contribution is -2.41. The number of carbonyl (C=O) groups excluding carboxylic acids is 2. The highest BCUT2D eigenvalue weighted by atomic mass is 16.5. The number of rotatable bonds is 5. The van der Waals surface area contributed by atoms with Gasteiger partial charge in [0.05, 0.1) is 19.3 Å². The first-order valence-corrected chi connectivity index (χ1v) is 9.35. The van der Waals surface area contributed by atoms with Crippen LogP contribution in [0.4, 0.5) is 5.69 Å². The Bertz CT molecular complexity index is 1070. The number of nitrogens with one attached hydrogen (secondary N) is 1. The Morgan fingerprint density at radius 2 is 1.83 bits per heavy atom. The molecule has 0 saturated heterocycles. The molecule has 1 aliphatic rings. The molecule has 2 amide bonds. The third-order valence-corrected chi connectivity index (χ3v) is 4.95. The number of amides is 2. The topological polar surface area (TPSA) is 88.1 Å². The van der Waals surface area contributed by atoms with Crippen molar-refractivity contribution in [3.8, 4) is 11.5 Å². The van der Waals surface area contributed by atoms with E-state index < -0.39 is 12.0 Å². The summed E-state index contributed by atoms with van der Waals surface area (Å²) in [6, 6.07) is 21.4. The second-order valence-corrected chi connectivity index (χ2v) is 6.80. The lowest BCUT2D eigenvalue weighted by Gasteiger charge is -2.35. The molecule has 30 heavy (non-hydrogen) atoms. The van der Waals surface area contributed by atoms with Crippen LogP contribution in [-0.4, -0.2) is 24.1 Å². The highest BCUT2D eigenvalue weighted by molar-refractivity contribution is 6.02. The first-order chi connectivity index (χ1) is 14.6. The van der Waals surface area contributed by atoms with Crippen molar-refractivity contribution in [1.82, 2.24) is 5.48 Å². The Kier molecular flexibility index (Phi) is 5.36. The molecule has 152 valence electrons. The van der Waals surface area contributed by atoms with Crippen molar-refractivity contribution in [3.05, 3.63) is 89.5 Å². The molecule has 0 aliphatic carbocycles. The van der Waals surface area contributed by atoms with Crippen LogP contribution in [0.3, 0.4) is 0 Å². The summed E-state index contributed by atoms with van der Waals surface area (Å²) in [7, 11) is 1.59. The van der Waals surface area contributed by atoms with Gasteiger partial charge in [0.25, 0.3) is 11.8 Å². The average Bonchev–Trinajstić information content (AvgIpc) is 2.81. The zero-order valence-corrected chi connectivity index (χ0v) is 16.2. The number of methoxy groups -OCH3 is 1. The lowest BCUT2D eigenvalue weighted by molar-refractivity contribution is -0.126. The zero-order chi connectivity index (χ0) is 21.1. The Labute approximate surface area is 173 Å². The van der Waals surface area contributed by atoms with Gasteiger partial charge in [0, 0.05) is 11.1 Å². The fourth-order valence-corrected chi connectivity index (χ4v) is 3.39. The Morgan fingerprint density at radius 3 is 2.50 bits per heavy atom. The molecule has 7 heteroatoms. The highest BCUT2D eigenvalue weighted by Crippen LogP contribution is 2.40. The van der Waals surface area contributed by atoms with Gasteiger partial charge in [-0.3, -0.25) is 14.8 Å². The summed E-state index contributed by atoms with van der Waals surface area (Å²) in [5, 5.41) is 8.96. The molecule has 0 bridgehead atoms. The monoisotopic (exact) mass is 404 g/mol. The van der Waals surface area contributed by atoms with Crippen LogP contribution < -0.4 is 19.9 Å². The third-order valence-electron chi connectivity index (χ3n) is 4.95. The van der Waals surface area contributed by atoms with Crippen LogP contribution in [0.2, 0.25) is 0 Å². The SMILES string of the molecule is COc1ccc(CN2C(=O)C(c3ccccc3)Oc3ccc(C(=O)NO)cc32)cc1. The van der Waals surface area contributed by atoms with Gasteiger partial charge in [-0.05, 0) is 35.9 Å². The van der Waals surface area contributed by atoms with Gasteiger partial charge >= 0.3 is 0 Å². The van der Waals surface area contributed by atoms with E-state index in [-0.39, 0.29) is 18.0 Å². The molecule has 3 aromatic rings. The van der Waals surface area contributed by atoms with Crippen LogP contribution in [-0.2, 0) is 11.3 Å². The van der Waals surface area contributed by atoms with E-state index in [4.69, 9.17) is 14.7 Å². The molecule has 1 heterocycles. The van der Waals surface area contributed by atoms with Crippen molar-refractivity contribution in [2.75, 3.05) is 12.0 Å². The second-order valence-electron chi connectivity index (χ2n) is 6.80. The molecule has 2 N–H and O–H groups in total. The van der Waals surface area contributed by atoms with Gasteiger partial charge in [-0.25, -0.2) is 5.48 Å². The lowest BCUT2D eigenvalue weighted by atomic mass is 10.0. The molecule has 0 spiro atoms. The molecular weight excluding hydrogens is 384 g/mol. The minimum atomic E-state index is -0.797. The summed E-state index contributed by atoms with van der Waals surface area (Å²) in [4.78, 5) is 26.9. The van der Waals surface area contributed by atoms with E-state index >= 15 is 0 Å². The van der Waals surface area contributed by atoms with Gasteiger partial charge in [-0.15, -0.1) is 0 Å². The highest BCUT2D eigenvalue weighted by Gasteiger charge is 2.36. The van der Waals surface area contributed by atoms with E-state index in [9.17, 15) is 9.59 Å². The maximum Gasteiger partial charge on any atom is 0.274 e. The number of carbonyl (C=O) groups is 2. The smallest absolute Gasteiger partial charge is 0.274 e. The van der Waals surface area contributed by atoms with Crippen molar-refractivity contribution in [2.24, 2.45) is 0 Å². The van der Waals surface area contributed by atoms with Crippen molar-refractivity contribution in [3.63, 3.8) is 0 Å². The van der Waals surface area contributed by atoms with Gasteiger partial charge in [0.1, 0.15) is 11.5 Å². The van der Waals surface area contributed by atoms with Crippen LogP contribution >= 0.6 is 0 Å². The van der Waals surface area contributed by atoms with Crippen LogP contribution in [0.15, 0.2) is 72.8 Å². The van der Waals surface area contributed by atoms with Crippen LogP contribution in [0.5, 0.6) is 11.5 Å². The van der Waals surface area contributed by atoms with E-state index in [1.165, 1.54) is 12.1 Å². The largest absolute Gasteiger partial charge is 0.497 e. The molecule has 1 atom stereocenters. The van der Waals surface area contributed by atoms with Crippen LogP contribution in [0, 0.1) is 0 Å². The predicted molar refractivity (Wildman–Crippen MR) is 110 cm³/mol. The molecule has 3 aromatic carbocycles. The normalized spacial score (nSPS) is 15.2. The maximum absolute atomic E-state index is 13.4. The van der Waals surface area contributed by atoms with E-state index in [0.29, 0.717) is 11.4 Å². The molecule has 0 aromatic heterocycles. The molecule has 4 rings (SSSR count). The summed E-state index contributed by atoms with van der Waals surface area (Å²) in [6.07, 6.45) is -0.797. The van der Waals surface area contributed by atoms with Crippen molar-refractivity contribution in [2.45, 2.75) is 12.6 Å². The first kappa shape index (κ1) is 19.5. The quantitative estimate of drug-likeness (QED) is 0.502. The summed E-state index contributed by atoms with van der Waals surface area (Å²) in [5.41, 5.74) is 3.92. The summed E-state index contributed by atoms with van der Waals surface area (Å²) < 4.78 is 11.2. The molecule has 1 unspecified atom stereocenters. The number of hydrogen-bond donors (Lipinski definition) is 2. The number of fused-ring (bicyclic) bond motifs is 1. The van der Waals surface area contributed by atoms with Gasteiger partial charge < -0.3 is 14.4 Å². The molecule has 1 aliphatic heterocycles. The summed E-state index contributed by atoms with van der Waals surface area (Å²) >= 11 is 0. The fraction of sp³-hybridized carbons (Fsp3) is 0.130. The zero-order valence-electron chi connectivity index (χ0n) is 16.2. The Morgan fingerprint density at radius 1 is 1.10 bits per heavy atom. The minimum absolute atomic E-state index is 0.213. The fourth-order valence-electron chi connectivity index (χ4n) is 3.39. The third kappa shape index (κ3) is 3.70. The molecule has 7 nitrogen and oxygen atoms in total. The standard InChI is InChI=1S/C23H20N2O5/c1-29-18-10-7-15(8-11-18)14-25-19-13-17(22(26)24-28)9-12-20(19)30-21(23(25)27)16-5-3-2-4-6-16/h2-13,21,28H,14H2,1H3,(H,24,26). The Hall–Kier alpha value is -3.84. The number of ether oxygens (including phenoxy) is 2.